The number of hydrogen-bond acceptors (Lipinski definition) is 3. The highest BCUT2D eigenvalue weighted by Gasteiger charge is 2.53. The van der Waals surface area contributed by atoms with Crippen LogP contribution in [0.15, 0.2) is 35.8 Å². The van der Waals surface area contributed by atoms with E-state index >= 15 is 0 Å². The van der Waals surface area contributed by atoms with Gasteiger partial charge < -0.3 is 14.6 Å². The number of nitrogens with one attached hydrogen (secondary N) is 1. The standard InChI is InChI=1S/C21H29BClNO3/c1-6-18(24-19(25)14-8-11-17(23)12-9-14)15-7-10-16(13-15)22-26-20(2,3)21(4,5)27-22/h8-12,15,18H,6-7,13H2,1-5H3,(H,24,25)/t15-,18?/m0/s1. The molecule has 1 saturated heterocycles. The van der Waals surface area contributed by atoms with Gasteiger partial charge in [-0.3, -0.25) is 4.79 Å². The van der Waals surface area contributed by atoms with Crippen LogP contribution in [0.5, 0.6) is 0 Å². The van der Waals surface area contributed by atoms with Crippen LogP contribution >= 0.6 is 11.6 Å². The van der Waals surface area contributed by atoms with Crippen molar-refractivity contribution < 1.29 is 14.1 Å². The quantitative estimate of drug-likeness (QED) is 0.735. The van der Waals surface area contributed by atoms with E-state index in [2.05, 4.69) is 46.0 Å². The summed E-state index contributed by atoms with van der Waals surface area (Å²) in [5.74, 6) is 0.308. The fourth-order valence-electron chi connectivity index (χ4n) is 3.67. The average molecular weight is 390 g/mol. The van der Waals surface area contributed by atoms with Gasteiger partial charge in [-0.05, 0) is 82.6 Å². The molecule has 1 amide bonds. The molecule has 27 heavy (non-hydrogen) atoms. The van der Waals surface area contributed by atoms with E-state index in [1.165, 1.54) is 5.47 Å². The Balaban J connectivity index is 1.61. The first-order chi connectivity index (χ1) is 12.6. The molecule has 0 bridgehead atoms. The molecule has 1 aliphatic heterocycles. The predicted molar refractivity (Wildman–Crippen MR) is 110 cm³/mol. The van der Waals surface area contributed by atoms with Crippen molar-refractivity contribution in [1.82, 2.24) is 5.32 Å². The van der Waals surface area contributed by atoms with E-state index in [0.717, 1.165) is 19.3 Å². The second-order valence-corrected chi connectivity index (χ2v) is 9.00. The van der Waals surface area contributed by atoms with Gasteiger partial charge in [0.15, 0.2) is 0 Å². The van der Waals surface area contributed by atoms with Gasteiger partial charge in [0.05, 0.1) is 11.2 Å². The Hall–Kier alpha value is -1.30. The van der Waals surface area contributed by atoms with Crippen LogP contribution in [0.3, 0.4) is 0 Å². The van der Waals surface area contributed by atoms with Gasteiger partial charge in [0.25, 0.3) is 5.91 Å². The minimum absolute atomic E-state index is 0.0531. The lowest BCUT2D eigenvalue weighted by Crippen LogP contribution is -2.41. The summed E-state index contributed by atoms with van der Waals surface area (Å²) in [6.45, 7) is 10.4. The molecule has 1 aromatic rings. The van der Waals surface area contributed by atoms with Gasteiger partial charge in [-0.1, -0.05) is 24.6 Å². The van der Waals surface area contributed by atoms with Gasteiger partial charge in [0.2, 0.25) is 0 Å². The molecule has 1 unspecified atom stereocenters. The maximum atomic E-state index is 12.6. The van der Waals surface area contributed by atoms with Gasteiger partial charge in [-0.15, -0.1) is 0 Å². The molecule has 1 heterocycles. The van der Waals surface area contributed by atoms with Crippen molar-refractivity contribution in [3.05, 3.63) is 46.4 Å². The molecule has 146 valence electrons. The molecule has 1 aromatic carbocycles. The van der Waals surface area contributed by atoms with Crippen molar-refractivity contribution >= 4 is 24.6 Å². The summed E-state index contributed by atoms with van der Waals surface area (Å²) < 4.78 is 12.4. The van der Waals surface area contributed by atoms with Crippen LogP contribution in [0.1, 0.15) is 64.2 Å². The number of amides is 1. The van der Waals surface area contributed by atoms with E-state index in [4.69, 9.17) is 20.9 Å². The predicted octanol–water partition coefficient (Wildman–Crippen LogP) is 4.82. The van der Waals surface area contributed by atoms with Crippen LogP contribution in [-0.2, 0) is 9.31 Å². The van der Waals surface area contributed by atoms with Crippen molar-refractivity contribution in [2.45, 2.75) is 71.1 Å². The topological polar surface area (TPSA) is 47.6 Å². The first-order valence-corrected chi connectivity index (χ1v) is 10.1. The Bertz CT molecular complexity index is 713. The molecular weight excluding hydrogens is 361 g/mol. The Morgan fingerprint density at radius 2 is 1.81 bits per heavy atom. The molecule has 0 aromatic heterocycles. The molecule has 1 N–H and O–H groups in total. The number of rotatable bonds is 5. The van der Waals surface area contributed by atoms with Crippen molar-refractivity contribution in [2.75, 3.05) is 0 Å². The minimum atomic E-state index is -0.330. The third kappa shape index (κ3) is 4.26. The second-order valence-electron chi connectivity index (χ2n) is 8.56. The van der Waals surface area contributed by atoms with Gasteiger partial charge in [0.1, 0.15) is 0 Å². The molecule has 0 radical (unpaired) electrons. The lowest BCUT2D eigenvalue weighted by molar-refractivity contribution is 0.00578. The Morgan fingerprint density at radius 1 is 1.22 bits per heavy atom. The van der Waals surface area contributed by atoms with E-state index < -0.39 is 0 Å². The summed E-state index contributed by atoms with van der Waals surface area (Å²) in [5, 5.41) is 3.82. The number of halogens is 1. The number of hydrogen-bond donors (Lipinski definition) is 1. The normalized spacial score (nSPS) is 24.6. The van der Waals surface area contributed by atoms with Crippen molar-refractivity contribution in [1.29, 1.82) is 0 Å². The third-order valence-corrected chi connectivity index (χ3v) is 6.42. The zero-order valence-electron chi connectivity index (χ0n) is 16.8. The Morgan fingerprint density at radius 3 is 2.37 bits per heavy atom. The van der Waals surface area contributed by atoms with Crippen LogP contribution in [-0.4, -0.2) is 30.3 Å². The first-order valence-electron chi connectivity index (χ1n) is 9.74. The van der Waals surface area contributed by atoms with Crippen molar-refractivity contribution in [3.63, 3.8) is 0 Å². The molecule has 0 spiro atoms. The maximum Gasteiger partial charge on any atom is 0.490 e. The zero-order valence-corrected chi connectivity index (χ0v) is 17.6. The highest BCUT2D eigenvalue weighted by Crippen LogP contribution is 2.42. The monoisotopic (exact) mass is 389 g/mol. The van der Waals surface area contributed by atoms with E-state index in [-0.39, 0.29) is 30.3 Å². The van der Waals surface area contributed by atoms with E-state index in [0.29, 0.717) is 16.5 Å². The first kappa shape index (κ1) is 20.4. The summed E-state index contributed by atoms with van der Waals surface area (Å²) in [4.78, 5) is 12.6. The van der Waals surface area contributed by atoms with Gasteiger partial charge in [-0.25, -0.2) is 0 Å². The number of benzene rings is 1. The molecule has 2 aliphatic rings. The number of carbonyl (C=O) groups is 1. The highest BCUT2D eigenvalue weighted by atomic mass is 35.5. The second kappa shape index (κ2) is 7.61. The largest absolute Gasteiger partial charge is 0.490 e. The molecule has 1 fully saturated rings. The van der Waals surface area contributed by atoms with E-state index in [1.54, 1.807) is 24.3 Å². The molecule has 1 aliphatic carbocycles. The lowest BCUT2D eigenvalue weighted by atomic mass is 9.76. The molecule has 2 atom stereocenters. The number of allylic oxidation sites excluding steroid dienone is 2. The van der Waals surface area contributed by atoms with Crippen LogP contribution in [0.4, 0.5) is 0 Å². The summed E-state index contributed by atoms with van der Waals surface area (Å²) in [6, 6.07) is 7.11. The minimum Gasteiger partial charge on any atom is -0.400 e. The number of carbonyl (C=O) groups excluding carboxylic acids is 1. The van der Waals surface area contributed by atoms with Crippen LogP contribution in [0.25, 0.3) is 0 Å². The third-order valence-electron chi connectivity index (χ3n) is 6.17. The molecule has 0 saturated carbocycles. The lowest BCUT2D eigenvalue weighted by Gasteiger charge is -2.32. The molecule has 6 heteroatoms. The average Bonchev–Trinajstić information content (AvgIpc) is 3.16. The van der Waals surface area contributed by atoms with Crippen LogP contribution < -0.4 is 5.32 Å². The fourth-order valence-corrected chi connectivity index (χ4v) is 3.80. The summed E-state index contributed by atoms with van der Waals surface area (Å²) in [6.07, 6.45) is 4.92. The fraction of sp³-hybridized carbons (Fsp3) is 0.571. The van der Waals surface area contributed by atoms with Crippen LogP contribution in [0.2, 0.25) is 5.02 Å². The summed E-state index contributed by atoms with van der Waals surface area (Å²) >= 11 is 5.91. The Kier molecular flexibility index (Phi) is 5.76. The smallest absolute Gasteiger partial charge is 0.400 e. The maximum absolute atomic E-state index is 12.6. The van der Waals surface area contributed by atoms with Crippen molar-refractivity contribution in [3.8, 4) is 0 Å². The van der Waals surface area contributed by atoms with E-state index in [9.17, 15) is 4.79 Å². The van der Waals surface area contributed by atoms with Gasteiger partial charge >= 0.3 is 7.12 Å². The van der Waals surface area contributed by atoms with Crippen LogP contribution in [0, 0.1) is 5.92 Å². The zero-order chi connectivity index (χ0) is 19.8. The molecule has 3 rings (SSSR count). The molecule has 4 nitrogen and oxygen atoms in total. The van der Waals surface area contributed by atoms with Gasteiger partial charge in [-0.2, -0.15) is 0 Å². The van der Waals surface area contributed by atoms with Gasteiger partial charge in [0, 0.05) is 16.6 Å². The highest BCUT2D eigenvalue weighted by molar-refractivity contribution is 6.54. The van der Waals surface area contributed by atoms with E-state index in [1.807, 2.05) is 0 Å². The summed E-state index contributed by atoms with van der Waals surface area (Å²) in [7, 11) is -0.288. The SMILES string of the molecule is CCC(NC(=O)c1ccc(Cl)cc1)[C@H]1CC=C(B2OC(C)(C)C(C)(C)O2)C1. The Labute approximate surface area is 167 Å². The molecular formula is C21H29BClNO3. The van der Waals surface area contributed by atoms with Crippen molar-refractivity contribution in [2.24, 2.45) is 5.92 Å². The summed E-state index contributed by atoms with van der Waals surface area (Å²) in [5.41, 5.74) is 1.17.